The smallest absolute Gasteiger partial charge is 0.328 e. The summed E-state index contributed by atoms with van der Waals surface area (Å²) in [5.41, 5.74) is 4.02. The number of ether oxygens (including phenoxy) is 5. The number of amides is 2. The van der Waals surface area contributed by atoms with E-state index in [9.17, 15) is 14.7 Å². The number of urea groups is 1. The number of anilines is 1. The van der Waals surface area contributed by atoms with Gasteiger partial charge in [0.2, 0.25) is 0 Å². The molecule has 3 N–H and O–H groups in total. The number of nitrogens with one attached hydrogen (secondary N) is 2. The topological polar surface area (TPSA) is 128 Å². The molecule has 3 aromatic carbocycles. The highest BCUT2D eigenvalue weighted by molar-refractivity contribution is 5.92. The lowest BCUT2D eigenvalue weighted by Crippen LogP contribution is -2.48. The summed E-state index contributed by atoms with van der Waals surface area (Å²) in [6.45, 7) is 3.72. The standard InChI is InChI=1S/C36H43N3O8/c1-43-33(41)31(20-25-6-3-2-4-7-25)38-35(42)37-29-9-5-8-28(21-29)34-46-30(22-32(47-34)27-12-10-26(24-40)11-13-27)23-39-16-14-36(15-17-39)44-18-19-45-36/h2-13,21,30-32,34,40H,14-20,22-24H2,1H3,(H2,37,38,42). The van der Waals surface area contributed by atoms with Crippen LogP contribution < -0.4 is 10.6 Å². The minimum Gasteiger partial charge on any atom is -0.467 e. The molecule has 0 bridgehead atoms. The van der Waals surface area contributed by atoms with E-state index >= 15 is 0 Å². The molecule has 3 saturated heterocycles. The van der Waals surface area contributed by atoms with E-state index in [2.05, 4.69) is 15.5 Å². The molecule has 3 heterocycles. The molecule has 6 rings (SSSR count). The van der Waals surface area contributed by atoms with E-state index in [0.29, 0.717) is 31.7 Å². The summed E-state index contributed by atoms with van der Waals surface area (Å²) >= 11 is 0. The SMILES string of the molecule is COC(=O)C(Cc1ccccc1)NC(=O)Nc1cccc(C2OC(CN3CCC4(CC3)OCCO4)CC(c3ccc(CO)cc3)O2)c1. The Morgan fingerprint density at radius 1 is 0.936 bits per heavy atom. The number of aliphatic hydroxyl groups excluding tert-OH is 1. The summed E-state index contributed by atoms with van der Waals surface area (Å²) in [4.78, 5) is 27.9. The van der Waals surface area contributed by atoms with Crippen LogP contribution in [0.3, 0.4) is 0 Å². The summed E-state index contributed by atoms with van der Waals surface area (Å²) < 4.78 is 29.9. The molecule has 0 aliphatic carbocycles. The number of carbonyl (C=O) groups excluding carboxylic acids is 2. The van der Waals surface area contributed by atoms with Crippen molar-refractivity contribution in [1.29, 1.82) is 0 Å². The van der Waals surface area contributed by atoms with Crippen LogP contribution in [0.4, 0.5) is 10.5 Å². The van der Waals surface area contributed by atoms with Gasteiger partial charge in [0.25, 0.3) is 0 Å². The molecular weight excluding hydrogens is 602 g/mol. The van der Waals surface area contributed by atoms with Gasteiger partial charge in [-0.15, -0.1) is 0 Å². The zero-order valence-electron chi connectivity index (χ0n) is 26.6. The number of hydrogen-bond acceptors (Lipinski definition) is 9. The van der Waals surface area contributed by atoms with Crippen molar-refractivity contribution >= 4 is 17.7 Å². The van der Waals surface area contributed by atoms with E-state index < -0.39 is 30.1 Å². The summed E-state index contributed by atoms with van der Waals surface area (Å²) in [5, 5.41) is 15.1. The molecule has 4 unspecified atom stereocenters. The average Bonchev–Trinajstić information content (AvgIpc) is 3.57. The van der Waals surface area contributed by atoms with E-state index in [0.717, 1.165) is 54.7 Å². The van der Waals surface area contributed by atoms with Gasteiger partial charge in [0.05, 0.1) is 39.1 Å². The number of piperidine rings is 1. The van der Waals surface area contributed by atoms with Gasteiger partial charge in [-0.1, -0.05) is 66.7 Å². The van der Waals surface area contributed by atoms with Gasteiger partial charge in [0.1, 0.15) is 6.04 Å². The number of hydrogen-bond donors (Lipinski definition) is 3. The van der Waals surface area contributed by atoms with Crippen molar-refractivity contribution in [2.45, 2.75) is 62.6 Å². The molecule has 11 nitrogen and oxygen atoms in total. The Hall–Kier alpha value is -3.84. The molecule has 1 spiro atoms. The summed E-state index contributed by atoms with van der Waals surface area (Å²) in [7, 11) is 1.30. The molecule has 0 saturated carbocycles. The fourth-order valence-electron chi connectivity index (χ4n) is 6.46. The third-order valence-electron chi connectivity index (χ3n) is 9.00. The third kappa shape index (κ3) is 8.55. The number of benzene rings is 3. The number of nitrogens with zero attached hydrogens (tertiary/aromatic N) is 1. The Morgan fingerprint density at radius 2 is 1.68 bits per heavy atom. The highest BCUT2D eigenvalue weighted by Gasteiger charge is 2.41. The largest absolute Gasteiger partial charge is 0.467 e. The second kappa shape index (κ2) is 15.4. The Bertz CT molecular complexity index is 1470. The van der Waals surface area contributed by atoms with Gasteiger partial charge in [-0.05, 0) is 28.8 Å². The van der Waals surface area contributed by atoms with Crippen molar-refractivity contribution in [3.63, 3.8) is 0 Å². The first-order valence-corrected chi connectivity index (χ1v) is 16.2. The number of esters is 1. The van der Waals surface area contributed by atoms with E-state index in [-0.39, 0.29) is 18.8 Å². The molecule has 0 aromatic heterocycles. The van der Waals surface area contributed by atoms with Crippen LogP contribution in [0.1, 0.15) is 53.9 Å². The van der Waals surface area contributed by atoms with Crippen molar-refractivity contribution in [2.24, 2.45) is 0 Å². The zero-order valence-corrected chi connectivity index (χ0v) is 26.6. The van der Waals surface area contributed by atoms with Crippen molar-refractivity contribution in [3.8, 4) is 0 Å². The lowest BCUT2D eigenvalue weighted by Gasteiger charge is -2.41. The zero-order chi connectivity index (χ0) is 32.6. The average molecular weight is 646 g/mol. The van der Waals surface area contributed by atoms with Crippen LogP contribution in [-0.2, 0) is 41.5 Å². The van der Waals surface area contributed by atoms with Crippen LogP contribution in [0, 0.1) is 0 Å². The maximum atomic E-state index is 13.0. The quantitative estimate of drug-likeness (QED) is 0.274. The number of aliphatic hydroxyl groups is 1. The highest BCUT2D eigenvalue weighted by Crippen LogP contribution is 2.39. The van der Waals surface area contributed by atoms with Crippen LogP contribution in [0.25, 0.3) is 0 Å². The fraction of sp³-hybridized carbons (Fsp3) is 0.444. The van der Waals surface area contributed by atoms with Crippen LogP contribution >= 0.6 is 0 Å². The normalized spacial score (nSPS) is 23.2. The molecule has 3 aliphatic heterocycles. The Morgan fingerprint density at radius 3 is 2.38 bits per heavy atom. The maximum Gasteiger partial charge on any atom is 0.328 e. The lowest BCUT2D eigenvalue weighted by atomic mass is 9.98. The van der Waals surface area contributed by atoms with E-state index in [1.54, 1.807) is 6.07 Å². The van der Waals surface area contributed by atoms with Crippen molar-refractivity contribution in [1.82, 2.24) is 10.2 Å². The predicted molar refractivity (Wildman–Crippen MR) is 173 cm³/mol. The van der Waals surface area contributed by atoms with Gasteiger partial charge in [-0.25, -0.2) is 9.59 Å². The molecule has 11 heteroatoms. The number of methoxy groups -OCH3 is 1. The van der Waals surface area contributed by atoms with Gasteiger partial charge in [0, 0.05) is 56.6 Å². The molecule has 0 radical (unpaired) electrons. The second-order valence-corrected chi connectivity index (χ2v) is 12.2. The highest BCUT2D eigenvalue weighted by atomic mass is 16.7. The maximum absolute atomic E-state index is 13.0. The monoisotopic (exact) mass is 645 g/mol. The van der Waals surface area contributed by atoms with Gasteiger partial charge >= 0.3 is 12.0 Å². The molecule has 3 aromatic rings. The van der Waals surface area contributed by atoms with E-state index in [4.69, 9.17) is 23.7 Å². The minimum absolute atomic E-state index is 0.0238. The number of likely N-dealkylation sites (tertiary alicyclic amines) is 1. The van der Waals surface area contributed by atoms with Crippen molar-refractivity contribution in [2.75, 3.05) is 45.3 Å². The third-order valence-corrected chi connectivity index (χ3v) is 9.00. The Balaban J connectivity index is 1.14. The first kappa shape index (κ1) is 33.1. The summed E-state index contributed by atoms with van der Waals surface area (Å²) in [5.74, 6) is -0.969. The van der Waals surface area contributed by atoms with Crippen molar-refractivity contribution < 1.29 is 38.4 Å². The first-order chi connectivity index (χ1) is 22.9. The molecule has 3 aliphatic rings. The summed E-state index contributed by atoms with van der Waals surface area (Å²) in [6.07, 6.45) is 1.58. The van der Waals surface area contributed by atoms with Crippen LogP contribution in [0.5, 0.6) is 0 Å². The molecule has 2 amide bonds. The van der Waals surface area contributed by atoms with E-state index in [1.165, 1.54) is 7.11 Å². The van der Waals surface area contributed by atoms with Gasteiger partial charge in [0.15, 0.2) is 12.1 Å². The molecule has 3 fully saturated rings. The Labute approximate surface area is 275 Å². The van der Waals surface area contributed by atoms with Gasteiger partial charge < -0.3 is 44.3 Å². The fourth-order valence-corrected chi connectivity index (χ4v) is 6.46. The lowest BCUT2D eigenvalue weighted by molar-refractivity contribution is -0.255. The molecule has 47 heavy (non-hydrogen) atoms. The second-order valence-electron chi connectivity index (χ2n) is 12.2. The summed E-state index contributed by atoms with van der Waals surface area (Å²) in [6, 6.07) is 23.2. The Kier molecular flexibility index (Phi) is 10.8. The van der Waals surface area contributed by atoms with Gasteiger partial charge in [-0.3, -0.25) is 0 Å². The first-order valence-electron chi connectivity index (χ1n) is 16.2. The van der Waals surface area contributed by atoms with Gasteiger partial charge in [-0.2, -0.15) is 0 Å². The number of rotatable bonds is 10. The molecular formula is C36H43N3O8. The predicted octanol–water partition coefficient (Wildman–Crippen LogP) is 4.47. The van der Waals surface area contributed by atoms with Crippen LogP contribution in [0.15, 0.2) is 78.9 Å². The van der Waals surface area contributed by atoms with Crippen molar-refractivity contribution in [3.05, 3.63) is 101 Å². The van der Waals surface area contributed by atoms with Crippen LogP contribution in [0.2, 0.25) is 0 Å². The van der Waals surface area contributed by atoms with E-state index in [1.807, 2.05) is 72.8 Å². The minimum atomic E-state index is -0.856. The number of carbonyl (C=O) groups is 2. The molecule has 250 valence electrons. The molecule has 4 atom stereocenters. The van der Waals surface area contributed by atoms with Crippen LogP contribution in [-0.4, -0.2) is 79.9 Å².